The van der Waals surface area contributed by atoms with Gasteiger partial charge in [-0.1, -0.05) is 0 Å². The Morgan fingerprint density at radius 1 is 1.32 bits per heavy atom. The van der Waals surface area contributed by atoms with Crippen molar-refractivity contribution in [1.29, 1.82) is 0 Å². The van der Waals surface area contributed by atoms with Gasteiger partial charge in [-0.3, -0.25) is 0 Å². The summed E-state index contributed by atoms with van der Waals surface area (Å²) >= 11 is 0. The molecule has 0 bridgehead atoms. The maximum atomic E-state index is 12.9. The molecule has 19 heavy (non-hydrogen) atoms. The van der Waals surface area contributed by atoms with E-state index in [-0.39, 0.29) is 5.82 Å². The Kier molecular flexibility index (Phi) is 4.65. The zero-order chi connectivity index (χ0) is 13.7. The first-order valence-corrected chi connectivity index (χ1v) is 6.22. The van der Waals surface area contributed by atoms with Crippen molar-refractivity contribution in [2.75, 3.05) is 20.3 Å². The van der Waals surface area contributed by atoms with Crippen molar-refractivity contribution in [2.24, 2.45) is 0 Å². The summed E-state index contributed by atoms with van der Waals surface area (Å²) in [4.78, 5) is 7.75. The summed E-state index contributed by atoms with van der Waals surface area (Å²) in [5, 5.41) is 3.22. The topological polar surface area (TPSA) is 49.9 Å². The van der Waals surface area contributed by atoms with Crippen LogP contribution in [0.4, 0.5) is 4.39 Å². The number of hydrogen-bond donors (Lipinski definition) is 2. The summed E-state index contributed by atoms with van der Waals surface area (Å²) in [5.41, 5.74) is 2.76. The number of aromatic amines is 1. The van der Waals surface area contributed by atoms with Gasteiger partial charge in [0.25, 0.3) is 0 Å². The van der Waals surface area contributed by atoms with Crippen molar-refractivity contribution in [3.8, 4) is 11.3 Å². The van der Waals surface area contributed by atoms with Crippen LogP contribution in [0.25, 0.3) is 11.3 Å². The zero-order valence-corrected chi connectivity index (χ0v) is 11.2. The number of imidazole rings is 1. The van der Waals surface area contributed by atoms with Crippen LogP contribution in [-0.4, -0.2) is 30.2 Å². The van der Waals surface area contributed by atoms with E-state index in [9.17, 15) is 4.39 Å². The molecule has 102 valence electrons. The highest BCUT2D eigenvalue weighted by atomic mass is 19.1. The van der Waals surface area contributed by atoms with Gasteiger partial charge in [0, 0.05) is 24.9 Å². The monoisotopic (exact) mass is 263 g/mol. The standard InChI is InChI=1S/C14H18FN3O/c1-10-14(11-3-5-12(15)6-4-11)18-13(17-10)9-16-7-8-19-2/h3-6,16H,7-9H2,1-2H3,(H,17,18). The van der Waals surface area contributed by atoms with Gasteiger partial charge in [0.05, 0.1) is 18.8 Å². The molecule has 1 aromatic carbocycles. The highest BCUT2D eigenvalue weighted by molar-refractivity contribution is 5.61. The van der Waals surface area contributed by atoms with Crippen LogP contribution in [0.2, 0.25) is 0 Å². The molecular formula is C14H18FN3O. The average molecular weight is 263 g/mol. The van der Waals surface area contributed by atoms with E-state index < -0.39 is 0 Å². The normalized spacial score (nSPS) is 10.9. The van der Waals surface area contributed by atoms with Crippen molar-refractivity contribution in [1.82, 2.24) is 15.3 Å². The van der Waals surface area contributed by atoms with E-state index in [1.54, 1.807) is 19.2 Å². The van der Waals surface area contributed by atoms with Gasteiger partial charge in [-0.05, 0) is 31.2 Å². The fourth-order valence-corrected chi connectivity index (χ4v) is 1.88. The fraction of sp³-hybridized carbons (Fsp3) is 0.357. The van der Waals surface area contributed by atoms with Crippen LogP contribution in [0.5, 0.6) is 0 Å². The highest BCUT2D eigenvalue weighted by Crippen LogP contribution is 2.21. The second-order valence-corrected chi connectivity index (χ2v) is 4.33. The first kappa shape index (κ1) is 13.7. The van der Waals surface area contributed by atoms with Gasteiger partial charge in [-0.15, -0.1) is 0 Å². The molecule has 2 aromatic rings. The van der Waals surface area contributed by atoms with E-state index in [2.05, 4.69) is 15.3 Å². The molecule has 0 amide bonds. The van der Waals surface area contributed by atoms with E-state index in [4.69, 9.17) is 4.74 Å². The molecule has 0 atom stereocenters. The number of nitrogens with one attached hydrogen (secondary N) is 2. The first-order chi connectivity index (χ1) is 9.20. The summed E-state index contributed by atoms with van der Waals surface area (Å²) in [7, 11) is 1.67. The maximum absolute atomic E-state index is 12.9. The number of halogens is 1. The van der Waals surface area contributed by atoms with Crippen LogP contribution < -0.4 is 5.32 Å². The van der Waals surface area contributed by atoms with Crippen molar-refractivity contribution >= 4 is 0 Å². The zero-order valence-electron chi connectivity index (χ0n) is 11.2. The molecule has 1 heterocycles. The minimum Gasteiger partial charge on any atom is -0.383 e. The number of ether oxygens (including phenoxy) is 1. The summed E-state index contributed by atoms with van der Waals surface area (Å²) in [6.45, 7) is 4.07. The van der Waals surface area contributed by atoms with Crippen molar-refractivity contribution in [3.63, 3.8) is 0 Å². The summed E-state index contributed by atoms with van der Waals surface area (Å²) in [6.07, 6.45) is 0. The Hall–Kier alpha value is -1.72. The second-order valence-electron chi connectivity index (χ2n) is 4.33. The molecular weight excluding hydrogens is 245 g/mol. The molecule has 0 fully saturated rings. The van der Waals surface area contributed by atoms with Gasteiger partial charge < -0.3 is 15.0 Å². The third kappa shape index (κ3) is 3.62. The molecule has 0 spiro atoms. The average Bonchev–Trinajstić information content (AvgIpc) is 2.77. The second kappa shape index (κ2) is 6.45. The van der Waals surface area contributed by atoms with Gasteiger partial charge in [-0.25, -0.2) is 9.37 Å². The third-order valence-electron chi connectivity index (χ3n) is 2.83. The molecule has 2 rings (SSSR count). The molecule has 0 unspecified atom stereocenters. The summed E-state index contributed by atoms with van der Waals surface area (Å²) in [6, 6.07) is 6.36. The molecule has 4 nitrogen and oxygen atoms in total. The number of rotatable bonds is 6. The lowest BCUT2D eigenvalue weighted by atomic mass is 10.1. The SMILES string of the molecule is COCCNCc1nc(-c2ccc(F)cc2)c(C)[nH]1. The van der Waals surface area contributed by atoms with E-state index in [0.717, 1.165) is 29.3 Å². The summed E-state index contributed by atoms with van der Waals surface area (Å²) < 4.78 is 17.9. The Morgan fingerprint density at radius 3 is 2.74 bits per heavy atom. The number of H-pyrrole nitrogens is 1. The van der Waals surface area contributed by atoms with Crippen LogP contribution >= 0.6 is 0 Å². The minimum atomic E-state index is -0.238. The van der Waals surface area contributed by atoms with Gasteiger partial charge in [0.1, 0.15) is 11.6 Å². The lowest BCUT2D eigenvalue weighted by Crippen LogP contribution is -2.19. The van der Waals surface area contributed by atoms with Gasteiger partial charge in [0.2, 0.25) is 0 Å². The summed E-state index contributed by atoms with van der Waals surface area (Å²) in [5.74, 6) is 0.631. The van der Waals surface area contributed by atoms with Gasteiger partial charge in [0.15, 0.2) is 0 Å². The molecule has 0 aliphatic rings. The van der Waals surface area contributed by atoms with Crippen LogP contribution in [0, 0.1) is 12.7 Å². The smallest absolute Gasteiger partial charge is 0.123 e. The Morgan fingerprint density at radius 2 is 2.05 bits per heavy atom. The lowest BCUT2D eigenvalue weighted by Gasteiger charge is -2.00. The number of benzene rings is 1. The van der Waals surface area contributed by atoms with Crippen molar-refractivity contribution in [3.05, 3.63) is 41.6 Å². The Balaban J connectivity index is 2.06. The number of nitrogens with zero attached hydrogens (tertiary/aromatic N) is 1. The van der Waals surface area contributed by atoms with Crippen LogP contribution in [0.1, 0.15) is 11.5 Å². The lowest BCUT2D eigenvalue weighted by molar-refractivity contribution is 0.199. The van der Waals surface area contributed by atoms with Gasteiger partial charge >= 0.3 is 0 Å². The van der Waals surface area contributed by atoms with Gasteiger partial charge in [-0.2, -0.15) is 0 Å². The molecule has 0 saturated carbocycles. The molecule has 1 aromatic heterocycles. The van der Waals surface area contributed by atoms with E-state index in [1.165, 1.54) is 12.1 Å². The largest absolute Gasteiger partial charge is 0.383 e. The van der Waals surface area contributed by atoms with Crippen LogP contribution in [0.15, 0.2) is 24.3 Å². The maximum Gasteiger partial charge on any atom is 0.123 e. The molecule has 0 aliphatic carbocycles. The number of aryl methyl sites for hydroxylation is 1. The van der Waals surface area contributed by atoms with Crippen LogP contribution in [-0.2, 0) is 11.3 Å². The Labute approximate surface area is 112 Å². The molecule has 5 heteroatoms. The van der Waals surface area contributed by atoms with E-state index in [1.807, 2.05) is 6.92 Å². The number of methoxy groups -OCH3 is 1. The number of hydrogen-bond acceptors (Lipinski definition) is 3. The van der Waals surface area contributed by atoms with E-state index in [0.29, 0.717) is 13.2 Å². The van der Waals surface area contributed by atoms with Crippen molar-refractivity contribution < 1.29 is 9.13 Å². The fourth-order valence-electron chi connectivity index (χ4n) is 1.88. The Bertz CT molecular complexity index is 522. The minimum absolute atomic E-state index is 0.238. The predicted molar refractivity (Wildman–Crippen MR) is 72.3 cm³/mol. The third-order valence-corrected chi connectivity index (χ3v) is 2.83. The van der Waals surface area contributed by atoms with E-state index >= 15 is 0 Å². The first-order valence-electron chi connectivity index (χ1n) is 6.22. The molecule has 0 radical (unpaired) electrons. The van der Waals surface area contributed by atoms with Crippen molar-refractivity contribution in [2.45, 2.75) is 13.5 Å². The quantitative estimate of drug-likeness (QED) is 0.786. The highest BCUT2D eigenvalue weighted by Gasteiger charge is 2.08. The van der Waals surface area contributed by atoms with Crippen LogP contribution in [0.3, 0.4) is 0 Å². The molecule has 0 saturated heterocycles. The number of aromatic nitrogens is 2. The molecule has 2 N–H and O–H groups in total. The molecule has 0 aliphatic heterocycles. The predicted octanol–water partition coefficient (Wildman–Crippen LogP) is 2.26.